The second-order valence-corrected chi connectivity index (χ2v) is 10.9. The molecule has 0 unspecified atom stereocenters. The average molecular weight is 651 g/mol. The third-order valence-corrected chi connectivity index (χ3v) is 7.97. The lowest BCUT2D eigenvalue weighted by atomic mass is 10.0. The lowest BCUT2D eigenvalue weighted by molar-refractivity contribution is 0.346. The van der Waals surface area contributed by atoms with Gasteiger partial charge in [-0.1, -0.05) is 17.7 Å². The van der Waals surface area contributed by atoms with Gasteiger partial charge >= 0.3 is 10.1 Å². The van der Waals surface area contributed by atoms with Gasteiger partial charge in [0, 0.05) is 23.1 Å². The number of benzene rings is 4. The summed E-state index contributed by atoms with van der Waals surface area (Å²) in [6.45, 7) is 0. The SMILES string of the molecule is COc1cc(-c2ccc(Cl)c(C#N)c2)c(F)cc1-n1c(=O)ccc2cc(S(=O)(=O)Oc3c(F)c(F)c(F)c(F)c3F)ccc21. The Morgan fingerprint density at radius 1 is 0.841 bits per heavy atom. The highest BCUT2D eigenvalue weighted by molar-refractivity contribution is 7.87. The summed E-state index contributed by atoms with van der Waals surface area (Å²) in [7, 11) is -3.94. The quantitative estimate of drug-likeness (QED) is 0.0869. The first-order valence-electron chi connectivity index (χ1n) is 12.0. The van der Waals surface area contributed by atoms with Crippen molar-refractivity contribution in [2.75, 3.05) is 7.11 Å². The summed E-state index contributed by atoms with van der Waals surface area (Å²) < 4.78 is 120. The Morgan fingerprint density at radius 3 is 2.14 bits per heavy atom. The number of nitrogens with zero attached hydrogens (tertiary/aromatic N) is 2. The monoisotopic (exact) mass is 650 g/mol. The van der Waals surface area contributed by atoms with Crippen molar-refractivity contribution >= 4 is 32.6 Å². The van der Waals surface area contributed by atoms with Gasteiger partial charge in [-0.2, -0.15) is 22.5 Å². The lowest BCUT2D eigenvalue weighted by Crippen LogP contribution is -2.19. The fourth-order valence-electron chi connectivity index (χ4n) is 4.32. The van der Waals surface area contributed by atoms with Crippen molar-refractivity contribution in [3.8, 4) is 34.4 Å². The minimum Gasteiger partial charge on any atom is -0.495 e. The van der Waals surface area contributed by atoms with E-state index in [0.717, 1.165) is 34.9 Å². The van der Waals surface area contributed by atoms with Crippen LogP contribution in [0.4, 0.5) is 26.3 Å². The summed E-state index contributed by atoms with van der Waals surface area (Å²) in [5.41, 5.74) is -0.419. The zero-order chi connectivity index (χ0) is 32.1. The van der Waals surface area contributed by atoms with Crippen LogP contribution in [0.25, 0.3) is 27.7 Å². The predicted octanol–water partition coefficient (Wildman–Crippen LogP) is 6.79. The van der Waals surface area contributed by atoms with Crippen LogP contribution in [0.1, 0.15) is 5.56 Å². The number of pyridine rings is 1. The van der Waals surface area contributed by atoms with Crippen LogP contribution in [0.15, 0.2) is 70.4 Å². The molecule has 0 amide bonds. The summed E-state index contributed by atoms with van der Waals surface area (Å²) in [6.07, 6.45) is 0. The number of ether oxygens (including phenoxy) is 1. The fraction of sp³-hybridized carbons (Fsp3) is 0.0345. The van der Waals surface area contributed by atoms with Gasteiger partial charge in [0.15, 0.2) is 0 Å². The molecule has 0 atom stereocenters. The van der Waals surface area contributed by atoms with Crippen LogP contribution in [-0.2, 0) is 10.1 Å². The van der Waals surface area contributed by atoms with E-state index >= 15 is 4.39 Å². The number of fused-ring (bicyclic) bond motifs is 1. The first-order valence-corrected chi connectivity index (χ1v) is 13.8. The van der Waals surface area contributed by atoms with Crippen molar-refractivity contribution in [3.63, 3.8) is 0 Å². The Kier molecular flexibility index (Phi) is 7.79. The molecule has 0 spiro atoms. The second-order valence-electron chi connectivity index (χ2n) is 8.97. The second kappa shape index (κ2) is 11.3. The van der Waals surface area contributed by atoms with Crippen LogP contribution >= 0.6 is 11.6 Å². The van der Waals surface area contributed by atoms with Crippen LogP contribution in [0, 0.1) is 46.2 Å². The fourth-order valence-corrected chi connectivity index (χ4v) is 5.45. The minimum atomic E-state index is -5.19. The predicted molar refractivity (Wildman–Crippen MR) is 145 cm³/mol. The molecule has 1 aromatic heterocycles. The molecule has 5 rings (SSSR count). The molecule has 0 aliphatic heterocycles. The molecule has 0 aliphatic carbocycles. The zero-order valence-electron chi connectivity index (χ0n) is 21.8. The number of hydrogen-bond acceptors (Lipinski definition) is 6. The van der Waals surface area contributed by atoms with Crippen LogP contribution < -0.4 is 14.5 Å². The molecule has 0 N–H and O–H groups in total. The Hall–Kier alpha value is -5.00. The Labute approximate surface area is 248 Å². The Morgan fingerprint density at radius 2 is 1.50 bits per heavy atom. The molecule has 0 radical (unpaired) electrons. The van der Waals surface area contributed by atoms with E-state index in [0.29, 0.717) is 0 Å². The lowest BCUT2D eigenvalue weighted by Gasteiger charge is -2.17. The third-order valence-electron chi connectivity index (χ3n) is 6.42. The van der Waals surface area contributed by atoms with Gasteiger partial charge in [0.25, 0.3) is 5.56 Å². The highest BCUT2D eigenvalue weighted by atomic mass is 35.5. The number of methoxy groups -OCH3 is 1. The van der Waals surface area contributed by atoms with Crippen molar-refractivity contribution < 1.29 is 43.7 Å². The van der Waals surface area contributed by atoms with Crippen LogP contribution in [0.5, 0.6) is 11.5 Å². The first-order chi connectivity index (χ1) is 20.8. The van der Waals surface area contributed by atoms with E-state index in [1.807, 2.05) is 6.07 Å². The third kappa shape index (κ3) is 5.10. The topological polar surface area (TPSA) is 98.4 Å². The molecule has 0 saturated carbocycles. The number of hydrogen-bond donors (Lipinski definition) is 0. The summed E-state index contributed by atoms with van der Waals surface area (Å²) in [5, 5.41) is 9.43. The molecule has 15 heteroatoms. The molecule has 0 fully saturated rings. The van der Waals surface area contributed by atoms with Crippen molar-refractivity contribution in [2.45, 2.75) is 4.90 Å². The molecule has 7 nitrogen and oxygen atoms in total. The summed E-state index contributed by atoms with van der Waals surface area (Å²) in [5.74, 6) is -15.2. The maximum Gasteiger partial charge on any atom is 0.339 e. The Balaban J connectivity index is 1.62. The maximum atomic E-state index is 15.5. The smallest absolute Gasteiger partial charge is 0.339 e. The number of nitriles is 1. The van der Waals surface area contributed by atoms with E-state index in [-0.39, 0.29) is 44.1 Å². The number of rotatable bonds is 6. The molecule has 0 bridgehead atoms. The van der Waals surface area contributed by atoms with E-state index in [4.69, 9.17) is 16.3 Å². The highest BCUT2D eigenvalue weighted by Crippen LogP contribution is 2.36. The first kappa shape index (κ1) is 30.5. The highest BCUT2D eigenvalue weighted by Gasteiger charge is 2.31. The van der Waals surface area contributed by atoms with E-state index in [1.54, 1.807) is 0 Å². The van der Waals surface area contributed by atoms with Crippen molar-refractivity contribution in [1.29, 1.82) is 5.26 Å². The van der Waals surface area contributed by atoms with Gasteiger partial charge in [0.05, 0.1) is 28.9 Å². The van der Waals surface area contributed by atoms with Crippen LogP contribution in [-0.4, -0.2) is 20.1 Å². The Bertz CT molecular complexity index is 2210. The van der Waals surface area contributed by atoms with Gasteiger partial charge in [0.2, 0.25) is 34.8 Å². The number of aromatic nitrogens is 1. The standard InChI is InChI=1S/C29H13ClF6N2O5S/c1-42-22-10-17(13-2-5-18(30)15(8-13)12-37)19(31)11-21(22)38-20-6-4-16(9-14(20)3-7-23(38)39)44(40,41)43-29-27(35)25(33)24(32)26(34)28(29)36/h2-11H,1H3. The van der Waals surface area contributed by atoms with Gasteiger partial charge in [-0.15, -0.1) is 0 Å². The zero-order valence-corrected chi connectivity index (χ0v) is 23.3. The van der Waals surface area contributed by atoms with Gasteiger partial charge < -0.3 is 8.92 Å². The van der Waals surface area contributed by atoms with E-state index in [1.165, 1.54) is 37.4 Å². The molecule has 44 heavy (non-hydrogen) atoms. The summed E-state index contributed by atoms with van der Waals surface area (Å²) in [6, 6.07) is 13.4. The van der Waals surface area contributed by atoms with E-state index in [9.17, 15) is 40.4 Å². The van der Waals surface area contributed by atoms with Gasteiger partial charge in [-0.05, 0) is 48.0 Å². The molecule has 4 aromatic carbocycles. The van der Waals surface area contributed by atoms with Crippen molar-refractivity contribution in [3.05, 3.63) is 117 Å². The van der Waals surface area contributed by atoms with Crippen LogP contribution in [0.3, 0.4) is 0 Å². The van der Waals surface area contributed by atoms with E-state index < -0.39 is 61.2 Å². The molecule has 1 heterocycles. The molecule has 224 valence electrons. The molecule has 5 aromatic rings. The maximum absolute atomic E-state index is 15.5. The van der Waals surface area contributed by atoms with E-state index in [2.05, 4.69) is 4.18 Å². The molecule has 0 aliphatic rings. The molecular weight excluding hydrogens is 638 g/mol. The van der Waals surface area contributed by atoms with Crippen molar-refractivity contribution in [2.24, 2.45) is 0 Å². The van der Waals surface area contributed by atoms with Crippen molar-refractivity contribution in [1.82, 2.24) is 4.57 Å². The van der Waals surface area contributed by atoms with Gasteiger partial charge in [0.1, 0.15) is 22.5 Å². The number of halogens is 7. The summed E-state index contributed by atoms with van der Waals surface area (Å²) in [4.78, 5) is 12.2. The molecule has 0 saturated heterocycles. The van der Waals surface area contributed by atoms with Gasteiger partial charge in [-0.3, -0.25) is 9.36 Å². The largest absolute Gasteiger partial charge is 0.495 e. The minimum absolute atomic E-state index is 0.00389. The van der Waals surface area contributed by atoms with Crippen LogP contribution in [0.2, 0.25) is 5.02 Å². The molecular formula is C29H13ClF6N2O5S. The van der Waals surface area contributed by atoms with Gasteiger partial charge in [-0.25, -0.2) is 17.6 Å². The summed E-state index contributed by atoms with van der Waals surface area (Å²) >= 11 is 5.97. The normalized spacial score (nSPS) is 11.4. The average Bonchev–Trinajstić information content (AvgIpc) is 3.01.